The molecule has 0 spiro atoms. The van der Waals surface area contributed by atoms with Crippen molar-refractivity contribution in [2.24, 2.45) is 5.92 Å². The van der Waals surface area contributed by atoms with E-state index in [0.717, 1.165) is 36.9 Å². The van der Waals surface area contributed by atoms with Crippen molar-refractivity contribution in [3.05, 3.63) is 61.3 Å². The van der Waals surface area contributed by atoms with Crippen molar-refractivity contribution < 1.29 is 4.79 Å². The van der Waals surface area contributed by atoms with Crippen LogP contribution in [0.5, 0.6) is 0 Å². The van der Waals surface area contributed by atoms with Gasteiger partial charge in [-0.2, -0.15) is 0 Å². The van der Waals surface area contributed by atoms with Gasteiger partial charge in [0.2, 0.25) is 0 Å². The van der Waals surface area contributed by atoms with Crippen molar-refractivity contribution in [2.45, 2.75) is 19.4 Å². The topological polar surface area (TPSA) is 91.2 Å². The van der Waals surface area contributed by atoms with E-state index in [4.69, 9.17) is 17.3 Å². The molecule has 1 saturated heterocycles. The number of halogens is 2. The number of nitrogens with one attached hydrogen (secondary N) is 2. The van der Waals surface area contributed by atoms with Crippen LogP contribution in [0.3, 0.4) is 0 Å². The van der Waals surface area contributed by atoms with E-state index in [2.05, 4.69) is 43.3 Å². The predicted molar refractivity (Wildman–Crippen MR) is 111 cm³/mol. The Labute approximate surface area is 171 Å². The number of benzene rings is 1. The lowest BCUT2D eigenvalue weighted by atomic mass is 9.96. The molecular formula is C19H22BrClN4O2. The fourth-order valence-electron chi connectivity index (χ4n) is 3.24. The Kier molecular flexibility index (Phi) is 6.57. The maximum Gasteiger partial charge on any atom is 0.262 e. The number of piperidine rings is 1. The van der Waals surface area contributed by atoms with Crippen molar-refractivity contribution in [3.63, 3.8) is 0 Å². The second-order valence-electron chi connectivity index (χ2n) is 6.79. The Morgan fingerprint density at radius 1 is 1.33 bits per heavy atom. The van der Waals surface area contributed by atoms with Gasteiger partial charge in [0.05, 0.1) is 5.02 Å². The van der Waals surface area contributed by atoms with Crippen molar-refractivity contribution >= 4 is 39.3 Å². The first-order chi connectivity index (χ1) is 12.9. The van der Waals surface area contributed by atoms with Gasteiger partial charge in [-0.3, -0.25) is 14.5 Å². The molecule has 6 nitrogen and oxygen atoms in total. The SMILES string of the molecule is Nc1[nH]c(=O)c(C(=O)NCC2CCN(Cc3ccccc3Br)CC2)cc1Cl. The van der Waals surface area contributed by atoms with Crippen LogP contribution in [0.4, 0.5) is 5.82 Å². The molecule has 4 N–H and O–H groups in total. The standard InChI is InChI=1S/C19H22BrClN4O2/c20-15-4-2-1-3-13(15)11-25-7-5-12(6-8-25)10-23-18(26)14-9-16(21)17(22)24-19(14)27/h1-4,9,12H,5-8,10-11H2,(H,23,26)(H3,22,24,27). The van der Waals surface area contributed by atoms with Gasteiger partial charge in [0.15, 0.2) is 0 Å². The number of likely N-dealkylation sites (tertiary alicyclic amines) is 1. The summed E-state index contributed by atoms with van der Waals surface area (Å²) in [5, 5.41) is 3.01. The van der Waals surface area contributed by atoms with Gasteiger partial charge in [-0.05, 0) is 49.5 Å². The van der Waals surface area contributed by atoms with Crippen molar-refractivity contribution in [2.75, 3.05) is 25.4 Å². The molecule has 1 aromatic heterocycles. The number of amides is 1. The third-order valence-electron chi connectivity index (χ3n) is 4.88. The number of nitrogens with two attached hydrogens (primary N) is 1. The van der Waals surface area contributed by atoms with Crippen LogP contribution in [0.15, 0.2) is 39.6 Å². The Morgan fingerprint density at radius 3 is 2.74 bits per heavy atom. The molecule has 1 amide bonds. The molecule has 8 heteroatoms. The number of rotatable bonds is 5. The van der Waals surface area contributed by atoms with Gasteiger partial charge in [-0.25, -0.2) is 0 Å². The monoisotopic (exact) mass is 452 g/mol. The van der Waals surface area contributed by atoms with Gasteiger partial charge in [-0.15, -0.1) is 0 Å². The van der Waals surface area contributed by atoms with Gasteiger partial charge in [-0.1, -0.05) is 45.7 Å². The number of aromatic amines is 1. The third-order valence-corrected chi connectivity index (χ3v) is 5.96. The second-order valence-corrected chi connectivity index (χ2v) is 8.06. The largest absolute Gasteiger partial charge is 0.384 e. The summed E-state index contributed by atoms with van der Waals surface area (Å²) in [5.74, 6) is 0.0391. The van der Waals surface area contributed by atoms with Crippen molar-refractivity contribution in [1.29, 1.82) is 0 Å². The molecule has 27 heavy (non-hydrogen) atoms. The fraction of sp³-hybridized carbons (Fsp3) is 0.368. The number of hydrogen-bond donors (Lipinski definition) is 3. The van der Waals surface area contributed by atoms with E-state index in [-0.39, 0.29) is 16.4 Å². The fourth-order valence-corrected chi connectivity index (χ4v) is 3.80. The summed E-state index contributed by atoms with van der Waals surface area (Å²) in [6, 6.07) is 9.56. The van der Waals surface area contributed by atoms with Gasteiger partial charge in [0, 0.05) is 17.6 Å². The van der Waals surface area contributed by atoms with Crippen LogP contribution in [-0.2, 0) is 6.54 Å². The van der Waals surface area contributed by atoms with E-state index in [0.29, 0.717) is 12.5 Å². The number of carbonyl (C=O) groups is 1. The molecule has 0 radical (unpaired) electrons. The number of carbonyl (C=O) groups excluding carboxylic acids is 1. The lowest BCUT2D eigenvalue weighted by Crippen LogP contribution is -2.39. The molecular weight excluding hydrogens is 432 g/mol. The quantitative estimate of drug-likeness (QED) is 0.649. The lowest BCUT2D eigenvalue weighted by molar-refractivity contribution is 0.0933. The molecule has 0 saturated carbocycles. The van der Waals surface area contributed by atoms with Crippen molar-refractivity contribution in [3.8, 4) is 0 Å². The molecule has 0 bridgehead atoms. The van der Waals surface area contributed by atoms with Crippen LogP contribution in [0, 0.1) is 5.92 Å². The van der Waals surface area contributed by atoms with Gasteiger partial charge < -0.3 is 16.0 Å². The average Bonchev–Trinajstić information content (AvgIpc) is 2.65. The highest BCUT2D eigenvalue weighted by atomic mass is 79.9. The predicted octanol–water partition coefficient (Wildman–Crippen LogP) is 3.02. The molecule has 1 aliphatic heterocycles. The lowest BCUT2D eigenvalue weighted by Gasteiger charge is -2.32. The summed E-state index contributed by atoms with van der Waals surface area (Å²) in [6.45, 7) is 3.43. The molecule has 3 rings (SSSR count). The highest BCUT2D eigenvalue weighted by Crippen LogP contribution is 2.22. The third kappa shape index (κ3) is 5.12. The van der Waals surface area contributed by atoms with Crippen molar-refractivity contribution in [1.82, 2.24) is 15.2 Å². The Bertz CT molecular complexity index is 878. The maximum absolute atomic E-state index is 12.3. The van der Waals surface area contributed by atoms with E-state index in [9.17, 15) is 9.59 Å². The summed E-state index contributed by atoms with van der Waals surface area (Å²) in [7, 11) is 0. The van der Waals surface area contributed by atoms with Gasteiger partial charge in [0.1, 0.15) is 11.4 Å². The summed E-state index contributed by atoms with van der Waals surface area (Å²) in [5.41, 5.74) is 6.27. The molecule has 144 valence electrons. The van der Waals surface area contributed by atoms with Crippen LogP contribution in [0.2, 0.25) is 5.02 Å². The Balaban J connectivity index is 1.48. The van der Waals surface area contributed by atoms with Crippen LogP contribution in [0.1, 0.15) is 28.8 Å². The van der Waals surface area contributed by atoms with Crippen LogP contribution < -0.4 is 16.6 Å². The Morgan fingerprint density at radius 2 is 2.04 bits per heavy atom. The number of H-pyrrole nitrogens is 1. The number of pyridine rings is 1. The van der Waals surface area contributed by atoms with Gasteiger partial charge >= 0.3 is 0 Å². The minimum Gasteiger partial charge on any atom is -0.384 e. The molecule has 0 unspecified atom stereocenters. The normalized spacial score (nSPS) is 15.6. The molecule has 1 aliphatic rings. The maximum atomic E-state index is 12.3. The summed E-state index contributed by atoms with van der Waals surface area (Å²) in [4.78, 5) is 28.9. The van der Waals surface area contributed by atoms with Crippen LogP contribution in [-0.4, -0.2) is 35.4 Å². The number of nitrogens with zero attached hydrogens (tertiary/aromatic N) is 1. The van der Waals surface area contributed by atoms with E-state index >= 15 is 0 Å². The van der Waals surface area contributed by atoms with E-state index in [1.54, 1.807) is 0 Å². The van der Waals surface area contributed by atoms with E-state index in [1.165, 1.54) is 11.6 Å². The minimum atomic E-state index is -0.530. The highest BCUT2D eigenvalue weighted by Gasteiger charge is 2.21. The van der Waals surface area contributed by atoms with Crippen LogP contribution in [0.25, 0.3) is 0 Å². The number of hydrogen-bond acceptors (Lipinski definition) is 4. The minimum absolute atomic E-state index is 0.0134. The first-order valence-electron chi connectivity index (χ1n) is 8.86. The summed E-state index contributed by atoms with van der Waals surface area (Å²) < 4.78 is 1.13. The van der Waals surface area contributed by atoms with Gasteiger partial charge in [0.25, 0.3) is 11.5 Å². The zero-order valence-corrected chi connectivity index (χ0v) is 17.1. The zero-order valence-electron chi connectivity index (χ0n) is 14.8. The zero-order chi connectivity index (χ0) is 19.4. The number of nitrogen functional groups attached to an aromatic ring is 1. The molecule has 0 atom stereocenters. The van der Waals surface area contributed by atoms with E-state index in [1.807, 2.05) is 12.1 Å². The molecule has 1 fully saturated rings. The first-order valence-corrected chi connectivity index (χ1v) is 10.0. The molecule has 2 aromatic rings. The smallest absolute Gasteiger partial charge is 0.262 e. The number of aromatic nitrogens is 1. The highest BCUT2D eigenvalue weighted by molar-refractivity contribution is 9.10. The van der Waals surface area contributed by atoms with Crippen LogP contribution >= 0.6 is 27.5 Å². The average molecular weight is 454 g/mol. The second kappa shape index (κ2) is 8.91. The molecule has 1 aromatic carbocycles. The molecule has 2 heterocycles. The van der Waals surface area contributed by atoms with E-state index < -0.39 is 11.5 Å². The summed E-state index contributed by atoms with van der Waals surface area (Å²) >= 11 is 9.48. The summed E-state index contributed by atoms with van der Waals surface area (Å²) in [6.07, 6.45) is 2.01. The Hall–Kier alpha value is -1.83. The first kappa shape index (κ1) is 19.9. The molecule has 0 aliphatic carbocycles. The number of anilines is 1.